The molecule has 0 aromatic heterocycles. The van der Waals surface area contributed by atoms with Gasteiger partial charge in [0, 0.05) is 19.6 Å². The van der Waals surface area contributed by atoms with Crippen LogP contribution >= 0.6 is 0 Å². The molecule has 3 N–H and O–H groups in total. The van der Waals surface area contributed by atoms with Crippen molar-refractivity contribution in [3.8, 4) is 11.8 Å². The predicted molar refractivity (Wildman–Crippen MR) is 88.5 cm³/mol. The van der Waals surface area contributed by atoms with E-state index in [4.69, 9.17) is 15.2 Å². The highest BCUT2D eigenvalue weighted by Gasteiger charge is 2.36. The molecular formula is C18H23N3O3. The summed E-state index contributed by atoms with van der Waals surface area (Å²) in [5.74, 6) is 0.619. The molecule has 3 rings (SSSR count). The standard InChI is InChI=1S/C18H23N3O3/c19-12-15(21-17(22)18(20)5-8-23-9-6-18)10-13-3-4-14-2-1-7-24-16(14)11-13/h3-4,11,15H,1-2,5-10,20H2,(H,21,22)/t15-/m0/s1. The van der Waals surface area contributed by atoms with E-state index in [0.717, 1.165) is 30.8 Å². The Morgan fingerprint density at radius 2 is 2.17 bits per heavy atom. The Balaban J connectivity index is 1.64. The van der Waals surface area contributed by atoms with Crippen molar-refractivity contribution in [1.82, 2.24) is 5.32 Å². The first-order valence-electron chi connectivity index (χ1n) is 8.42. The number of fused-ring (bicyclic) bond motifs is 1. The SMILES string of the molecule is N#C[C@H](Cc1ccc2c(c1)OCCC2)NC(=O)C1(N)CCOCC1. The van der Waals surface area contributed by atoms with Crippen molar-refractivity contribution in [1.29, 1.82) is 5.26 Å². The number of nitrogens with zero attached hydrogens (tertiary/aromatic N) is 1. The summed E-state index contributed by atoms with van der Waals surface area (Å²) in [6.45, 7) is 1.68. The zero-order valence-corrected chi connectivity index (χ0v) is 13.7. The Bertz CT molecular complexity index is 647. The number of nitrogens with one attached hydrogen (secondary N) is 1. The maximum Gasteiger partial charge on any atom is 0.241 e. The second-order valence-corrected chi connectivity index (χ2v) is 6.52. The molecule has 1 saturated heterocycles. The quantitative estimate of drug-likeness (QED) is 0.861. The number of carbonyl (C=O) groups is 1. The number of hydrogen-bond acceptors (Lipinski definition) is 5. The van der Waals surface area contributed by atoms with E-state index in [9.17, 15) is 10.1 Å². The number of carbonyl (C=O) groups excluding carboxylic acids is 1. The largest absolute Gasteiger partial charge is 0.493 e. The van der Waals surface area contributed by atoms with Crippen LogP contribution in [0, 0.1) is 11.3 Å². The smallest absolute Gasteiger partial charge is 0.241 e. The van der Waals surface area contributed by atoms with Crippen molar-refractivity contribution in [2.75, 3.05) is 19.8 Å². The summed E-state index contributed by atoms with van der Waals surface area (Å²) in [5, 5.41) is 12.2. The van der Waals surface area contributed by atoms with Gasteiger partial charge >= 0.3 is 0 Å². The van der Waals surface area contributed by atoms with Gasteiger partial charge in [0.05, 0.1) is 18.2 Å². The highest BCUT2D eigenvalue weighted by Crippen LogP contribution is 2.26. The molecule has 1 atom stereocenters. The van der Waals surface area contributed by atoms with Crippen LogP contribution in [0.3, 0.4) is 0 Å². The minimum atomic E-state index is -0.938. The average Bonchev–Trinajstić information content (AvgIpc) is 2.61. The maximum atomic E-state index is 12.4. The van der Waals surface area contributed by atoms with Crippen molar-refractivity contribution < 1.29 is 14.3 Å². The number of benzene rings is 1. The monoisotopic (exact) mass is 329 g/mol. The number of rotatable bonds is 4. The molecule has 0 aliphatic carbocycles. The highest BCUT2D eigenvalue weighted by molar-refractivity contribution is 5.86. The summed E-state index contributed by atoms with van der Waals surface area (Å²) in [4.78, 5) is 12.4. The predicted octanol–water partition coefficient (Wildman–Crippen LogP) is 1.07. The molecule has 6 nitrogen and oxygen atoms in total. The molecule has 128 valence electrons. The van der Waals surface area contributed by atoms with Crippen LogP contribution in [-0.4, -0.2) is 37.3 Å². The van der Waals surface area contributed by atoms with E-state index in [1.165, 1.54) is 5.56 Å². The molecule has 0 bridgehead atoms. The minimum Gasteiger partial charge on any atom is -0.493 e. The third-order valence-electron chi connectivity index (χ3n) is 4.72. The molecule has 6 heteroatoms. The molecule has 0 spiro atoms. The molecule has 0 radical (unpaired) electrons. The lowest BCUT2D eigenvalue weighted by atomic mass is 9.90. The first kappa shape index (κ1) is 16.7. The second-order valence-electron chi connectivity index (χ2n) is 6.52. The summed E-state index contributed by atoms with van der Waals surface area (Å²) < 4.78 is 10.9. The summed E-state index contributed by atoms with van der Waals surface area (Å²) in [6, 6.07) is 7.56. The van der Waals surface area contributed by atoms with E-state index in [0.29, 0.717) is 32.5 Å². The third-order valence-corrected chi connectivity index (χ3v) is 4.72. The van der Waals surface area contributed by atoms with E-state index >= 15 is 0 Å². The lowest BCUT2D eigenvalue weighted by Crippen LogP contribution is -2.58. The molecule has 2 aliphatic heterocycles. The zero-order valence-electron chi connectivity index (χ0n) is 13.7. The van der Waals surface area contributed by atoms with Gasteiger partial charge in [-0.3, -0.25) is 4.79 Å². The van der Waals surface area contributed by atoms with E-state index < -0.39 is 11.6 Å². The first-order chi connectivity index (χ1) is 11.6. The van der Waals surface area contributed by atoms with E-state index in [2.05, 4.69) is 11.4 Å². The second kappa shape index (κ2) is 7.20. The lowest BCUT2D eigenvalue weighted by molar-refractivity contribution is -0.130. The van der Waals surface area contributed by atoms with Gasteiger partial charge in [-0.05, 0) is 42.9 Å². The molecule has 1 fully saturated rings. The van der Waals surface area contributed by atoms with Gasteiger partial charge in [0.15, 0.2) is 0 Å². The fourth-order valence-electron chi connectivity index (χ4n) is 3.14. The molecular weight excluding hydrogens is 306 g/mol. The van der Waals surface area contributed by atoms with Crippen molar-refractivity contribution in [3.63, 3.8) is 0 Å². The number of nitriles is 1. The number of hydrogen-bond donors (Lipinski definition) is 2. The van der Waals surface area contributed by atoms with Crippen LogP contribution in [-0.2, 0) is 22.4 Å². The van der Waals surface area contributed by atoms with Crippen LogP contribution in [0.2, 0.25) is 0 Å². The van der Waals surface area contributed by atoms with Crippen LogP contribution in [0.5, 0.6) is 5.75 Å². The highest BCUT2D eigenvalue weighted by atomic mass is 16.5. The Morgan fingerprint density at radius 1 is 1.38 bits per heavy atom. The molecule has 1 aromatic rings. The summed E-state index contributed by atoms with van der Waals surface area (Å²) in [7, 11) is 0. The molecule has 24 heavy (non-hydrogen) atoms. The molecule has 2 aliphatic rings. The first-order valence-corrected chi connectivity index (χ1v) is 8.42. The maximum absolute atomic E-state index is 12.4. The number of nitrogens with two attached hydrogens (primary N) is 1. The fourth-order valence-corrected chi connectivity index (χ4v) is 3.14. The van der Waals surface area contributed by atoms with Crippen molar-refractivity contribution in [3.05, 3.63) is 29.3 Å². The molecule has 2 heterocycles. The van der Waals surface area contributed by atoms with Gasteiger partial charge in [-0.15, -0.1) is 0 Å². The number of amides is 1. The van der Waals surface area contributed by atoms with Crippen LogP contribution in [0.4, 0.5) is 0 Å². The van der Waals surface area contributed by atoms with Crippen molar-refractivity contribution >= 4 is 5.91 Å². The number of ether oxygens (including phenoxy) is 2. The van der Waals surface area contributed by atoms with Crippen LogP contribution in [0.1, 0.15) is 30.4 Å². The summed E-state index contributed by atoms with van der Waals surface area (Å²) in [5.41, 5.74) is 7.40. The molecule has 1 aromatic carbocycles. The number of aryl methyl sites for hydroxylation is 1. The topological polar surface area (TPSA) is 97.4 Å². The van der Waals surface area contributed by atoms with E-state index in [1.54, 1.807) is 0 Å². The van der Waals surface area contributed by atoms with Gasteiger partial charge < -0.3 is 20.5 Å². The Morgan fingerprint density at radius 3 is 2.92 bits per heavy atom. The van der Waals surface area contributed by atoms with Crippen LogP contribution in [0.25, 0.3) is 0 Å². The van der Waals surface area contributed by atoms with Gasteiger partial charge in [0.25, 0.3) is 0 Å². The Kier molecular flexibility index (Phi) is 5.03. The molecule has 0 saturated carbocycles. The lowest BCUT2D eigenvalue weighted by Gasteiger charge is -2.32. The summed E-state index contributed by atoms with van der Waals surface area (Å²) >= 11 is 0. The summed E-state index contributed by atoms with van der Waals surface area (Å²) in [6.07, 6.45) is 3.44. The average molecular weight is 329 g/mol. The van der Waals surface area contributed by atoms with Crippen molar-refractivity contribution in [2.24, 2.45) is 5.73 Å². The van der Waals surface area contributed by atoms with Gasteiger partial charge in [-0.25, -0.2) is 0 Å². The van der Waals surface area contributed by atoms with Gasteiger partial charge in [-0.1, -0.05) is 12.1 Å². The normalized spacial score (nSPS) is 20.2. The van der Waals surface area contributed by atoms with E-state index in [-0.39, 0.29) is 5.91 Å². The van der Waals surface area contributed by atoms with Crippen molar-refractivity contribution in [2.45, 2.75) is 43.7 Å². The Labute approximate surface area is 141 Å². The van der Waals surface area contributed by atoms with Gasteiger partial charge in [0.2, 0.25) is 5.91 Å². The van der Waals surface area contributed by atoms with Crippen LogP contribution in [0.15, 0.2) is 18.2 Å². The molecule has 0 unspecified atom stereocenters. The van der Waals surface area contributed by atoms with Crippen LogP contribution < -0.4 is 15.8 Å². The van der Waals surface area contributed by atoms with E-state index in [1.807, 2.05) is 18.2 Å². The minimum absolute atomic E-state index is 0.272. The Hall–Kier alpha value is -2.10. The van der Waals surface area contributed by atoms with Gasteiger partial charge in [-0.2, -0.15) is 5.26 Å². The third kappa shape index (κ3) is 3.69. The zero-order chi connectivity index (χ0) is 17.0. The molecule has 1 amide bonds. The fraction of sp³-hybridized carbons (Fsp3) is 0.556. The van der Waals surface area contributed by atoms with Gasteiger partial charge in [0.1, 0.15) is 11.8 Å².